The van der Waals surface area contributed by atoms with E-state index in [1.165, 1.54) is 37.8 Å². The Balaban J connectivity index is 1.96. The Labute approximate surface area is 84.3 Å². The van der Waals surface area contributed by atoms with Gasteiger partial charge >= 0.3 is 0 Å². The van der Waals surface area contributed by atoms with E-state index in [9.17, 15) is 0 Å². The van der Waals surface area contributed by atoms with Gasteiger partial charge in [-0.1, -0.05) is 6.42 Å². The van der Waals surface area contributed by atoms with Gasteiger partial charge in [-0.25, -0.2) is 4.98 Å². The van der Waals surface area contributed by atoms with Gasteiger partial charge in [-0.15, -0.1) is 0 Å². The highest BCUT2D eigenvalue weighted by molar-refractivity contribution is 5.16. The number of nitrogens with two attached hydrogens (primary N) is 1. The molecule has 1 aromatic rings. The van der Waals surface area contributed by atoms with Crippen molar-refractivity contribution in [3.8, 4) is 0 Å². The zero-order chi connectivity index (χ0) is 9.54. The molecule has 0 aromatic carbocycles. The molecule has 2 fully saturated rings. The van der Waals surface area contributed by atoms with Crippen molar-refractivity contribution in [3.05, 3.63) is 17.7 Å². The van der Waals surface area contributed by atoms with E-state index in [2.05, 4.69) is 15.7 Å². The number of aromatic nitrogens is 2. The highest BCUT2D eigenvalue weighted by atomic mass is 15.1. The van der Waals surface area contributed by atoms with Crippen LogP contribution in [0.5, 0.6) is 0 Å². The molecule has 0 saturated heterocycles. The quantitative estimate of drug-likeness (QED) is 0.793. The monoisotopic (exact) mass is 191 g/mol. The van der Waals surface area contributed by atoms with E-state index in [0.717, 1.165) is 17.8 Å². The molecule has 0 unspecified atom stereocenters. The van der Waals surface area contributed by atoms with Crippen LogP contribution in [-0.4, -0.2) is 9.55 Å². The Morgan fingerprint density at radius 2 is 2.14 bits per heavy atom. The van der Waals surface area contributed by atoms with Crippen LogP contribution in [0.15, 0.2) is 6.20 Å². The highest BCUT2D eigenvalue weighted by Crippen LogP contribution is 2.43. The predicted molar refractivity (Wildman–Crippen MR) is 55.0 cm³/mol. The lowest BCUT2D eigenvalue weighted by atomic mass is 9.83. The van der Waals surface area contributed by atoms with Crippen molar-refractivity contribution in [2.45, 2.75) is 50.6 Å². The van der Waals surface area contributed by atoms with Gasteiger partial charge < -0.3 is 10.3 Å². The van der Waals surface area contributed by atoms with Crippen molar-refractivity contribution in [2.24, 2.45) is 5.73 Å². The van der Waals surface area contributed by atoms with Crippen molar-refractivity contribution in [1.29, 1.82) is 0 Å². The molecule has 0 aliphatic heterocycles. The van der Waals surface area contributed by atoms with E-state index in [-0.39, 0.29) is 0 Å². The maximum absolute atomic E-state index is 5.71. The first kappa shape index (κ1) is 8.48. The summed E-state index contributed by atoms with van der Waals surface area (Å²) in [6.07, 6.45) is 8.79. The second-order valence-electron chi connectivity index (χ2n) is 4.53. The first-order valence-electron chi connectivity index (χ1n) is 5.66. The van der Waals surface area contributed by atoms with Gasteiger partial charge in [0.2, 0.25) is 0 Å². The van der Waals surface area contributed by atoms with Crippen LogP contribution in [-0.2, 0) is 6.54 Å². The number of imidazole rings is 1. The van der Waals surface area contributed by atoms with Gasteiger partial charge in [0.05, 0.1) is 6.54 Å². The Hall–Kier alpha value is -0.830. The fraction of sp³-hybridized carbons (Fsp3) is 0.727. The highest BCUT2D eigenvalue weighted by Gasteiger charge is 2.32. The number of hydrogen-bond acceptors (Lipinski definition) is 2. The molecule has 0 bridgehead atoms. The van der Waals surface area contributed by atoms with Crippen LogP contribution in [0.1, 0.15) is 55.6 Å². The number of hydrogen-bond donors (Lipinski definition) is 1. The molecule has 2 aliphatic rings. The summed E-state index contributed by atoms with van der Waals surface area (Å²) in [4.78, 5) is 4.44. The molecule has 0 spiro atoms. The maximum atomic E-state index is 5.71. The molecular weight excluding hydrogens is 174 g/mol. The molecule has 76 valence electrons. The molecule has 14 heavy (non-hydrogen) atoms. The van der Waals surface area contributed by atoms with Gasteiger partial charge in [0.15, 0.2) is 0 Å². The maximum Gasteiger partial charge on any atom is 0.122 e. The van der Waals surface area contributed by atoms with Crippen molar-refractivity contribution in [3.63, 3.8) is 0 Å². The summed E-state index contributed by atoms with van der Waals surface area (Å²) in [5.74, 6) is 1.87. The van der Waals surface area contributed by atoms with E-state index in [1.807, 2.05) is 0 Å². The molecule has 1 heterocycles. The van der Waals surface area contributed by atoms with Crippen molar-refractivity contribution >= 4 is 0 Å². The summed E-state index contributed by atoms with van der Waals surface area (Å²) >= 11 is 0. The summed E-state index contributed by atoms with van der Waals surface area (Å²) in [5.41, 5.74) is 7.16. The van der Waals surface area contributed by atoms with Crippen molar-refractivity contribution < 1.29 is 0 Å². The van der Waals surface area contributed by atoms with Crippen LogP contribution in [0.2, 0.25) is 0 Å². The minimum atomic E-state index is 0.587. The average Bonchev–Trinajstić information content (AvgIpc) is 2.86. The molecule has 3 nitrogen and oxygen atoms in total. The van der Waals surface area contributed by atoms with E-state index < -0.39 is 0 Å². The lowest BCUT2D eigenvalue weighted by molar-refractivity contribution is 0.395. The summed E-state index contributed by atoms with van der Waals surface area (Å²) in [7, 11) is 0. The molecular formula is C11H17N3. The predicted octanol–water partition coefficient (Wildman–Crippen LogP) is 1.94. The summed E-state index contributed by atoms with van der Waals surface area (Å²) in [5, 5.41) is 0. The Morgan fingerprint density at radius 1 is 1.36 bits per heavy atom. The minimum absolute atomic E-state index is 0.587. The summed E-state index contributed by atoms with van der Waals surface area (Å²) in [6.45, 7) is 0.587. The third-order valence-corrected chi connectivity index (χ3v) is 3.52. The Kier molecular flexibility index (Phi) is 1.87. The molecule has 2 saturated carbocycles. The lowest BCUT2D eigenvalue weighted by Gasteiger charge is -2.26. The van der Waals surface area contributed by atoms with Crippen LogP contribution in [0.3, 0.4) is 0 Å². The van der Waals surface area contributed by atoms with Crippen LogP contribution >= 0.6 is 0 Å². The van der Waals surface area contributed by atoms with Gasteiger partial charge in [-0.3, -0.25) is 0 Å². The molecule has 3 rings (SSSR count). The topological polar surface area (TPSA) is 43.8 Å². The first-order chi connectivity index (χ1) is 6.90. The molecule has 0 atom stereocenters. The van der Waals surface area contributed by atoms with Crippen molar-refractivity contribution in [2.75, 3.05) is 0 Å². The second-order valence-corrected chi connectivity index (χ2v) is 4.53. The molecule has 0 amide bonds. The Bertz CT molecular complexity index is 334. The lowest BCUT2D eigenvalue weighted by Crippen LogP contribution is -2.16. The van der Waals surface area contributed by atoms with Crippen molar-refractivity contribution in [1.82, 2.24) is 9.55 Å². The van der Waals surface area contributed by atoms with Gasteiger partial charge in [-0.2, -0.15) is 0 Å². The fourth-order valence-corrected chi connectivity index (χ4v) is 2.33. The average molecular weight is 191 g/mol. The molecule has 2 aliphatic carbocycles. The van der Waals surface area contributed by atoms with E-state index in [0.29, 0.717) is 6.54 Å². The zero-order valence-corrected chi connectivity index (χ0v) is 8.45. The third-order valence-electron chi connectivity index (χ3n) is 3.52. The van der Waals surface area contributed by atoms with Crippen LogP contribution in [0, 0.1) is 0 Å². The number of rotatable bonds is 3. The van der Waals surface area contributed by atoms with Gasteiger partial charge in [-0.05, 0) is 25.7 Å². The van der Waals surface area contributed by atoms with Crippen LogP contribution < -0.4 is 5.73 Å². The SMILES string of the molecule is NCc1ncc(C2CCC2)n1C1CC1. The third kappa shape index (κ3) is 1.19. The molecule has 0 radical (unpaired) electrons. The fourth-order valence-electron chi connectivity index (χ4n) is 2.33. The van der Waals surface area contributed by atoms with Crippen LogP contribution in [0.4, 0.5) is 0 Å². The zero-order valence-electron chi connectivity index (χ0n) is 8.45. The standard InChI is InChI=1S/C11H17N3/c12-6-11-13-7-10(8-2-1-3-8)14(11)9-4-5-9/h7-9H,1-6,12H2. The van der Waals surface area contributed by atoms with Gasteiger partial charge in [0, 0.05) is 23.9 Å². The van der Waals surface area contributed by atoms with E-state index >= 15 is 0 Å². The number of nitrogens with zero attached hydrogens (tertiary/aromatic N) is 2. The first-order valence-corrected chi connectivity index (χ1v) is 5.66. The van der Waals surface area contributed by atoms with E-state index in [4.69, 9.17) is 5.73 Å². The minimum Gasteiger partial charge on any atom is -0.328 e. The molecule has 3 heteroatoms. The summed E-state index contributed by atoms with van der Waals surface area (Å²) in [6, 6.07) is 0.728. The van der Waals surface area contributed by atoms with Gasteiger partial charge in [0.25, 0.3) is 0 Å². The Morgan fingerprint density at radius 3 is 2.64 bits per heavy atom. The molecule has 2 N–H and O–H groups in total. The second kappa shape index (κ2) is 3.09. The molecule has 1 aromatic heterocycles. The smallest absolute Gasteiger partial charge is 0.122 e. The van der Waals surface area contributed by atoms with Crippen LogP contribution in [0.25, 0.3) is 0 Å². The van der Waals surface area contributed by atoms with E-state index in [1.54, 1.807) is 0 Å². The largest absolute Gasteiger partial charge is 0.328 e. The summed E-state index contributed by atoms with van der Waals surface area (Å²) < 4.78 is 2.42. The van der Waals surface area contributed by atoms with Gasteiger partial charge in [0.1, 0.15) is 5.82 Å². The normalized spacial score (nSPS) is 22.4.